The monoisotopic (exact) mass is 1000 g/mol. The summed E-state index contributed by atoms with van der Waals surface area (Å²) in [6.07, 6.45) is 71.9. The van der Waals surface area contributed by atoms with Crippen molar-refractivity contribution in [3.8, 4) is 0 Å². The molecule has 1 amide bonds. The molecule has 0 saturated carbocycles. The number of likely N-dealkylation sites (N-methyl/N-ethyl adjacent to an activating group) is 1. The van der Waals surface area contributed by atoms with Crippen molar-refractivity contribution in [1.29, 1.82) is 0 Å². The third kappa shape index (κ3) is 53.7. The van der Waals surface area contributed by atoms with Gasteiger partial charge in [-0.3, -0.25) is 9.36 Å². The highest BCUT2D eigenvalue weighted by Gasteiger charge is 2.23. The fourth-order valence-electron chi connectivity index (χ4n) is 8.38. The molecule has 0 aliphatic heterocycles. The van der Waals surface area contributed by atoms with E-state index >= 15 is 0 Å². The number of phosphoric acid groups is 1. The Morgan fingerprint density at radius 2 is 0.900 bits per heavy atom. The van der Waals surface area contributed by atoms with E-state index in [9.17, 15) is 19.4 Å². The van der Waals surface area contributed by atoms with Crippen LogP contribution >= 0.6 is 7.82 Å². The molecule has 0 aromatic rings. The summed E-state index contributed by atoms with van der Waals surface area (Å²) in [7, 11) is 1.23. The number of nitrogens with one attached hydrogen (secondary N) is 1. The molecule has 0 fully saturated rings. The van der Waals surface area contributed by atoms with E-state index < -0.39 is 26.6 Å². The van der Waals surface area contributed by atoms with E-state index in [4.69, 9.17) is 9.05 Å². The Bertz CT molecular complexity index is 1370. The third-order valence-electron chi connectivity index (χ3n) is 13.0. The van der Waals surface area contributed by atoms with Crippen LogP contribution in [0.5, 0.6) is 0 Å². The summed E-state index contributed by atoms with van der Waals surface area (Å²) in [5, 5.41) is 13.7. The van der Waals surface area contributed by atoms with Gasteiger partial charge in [0.25, 0.3) is 7.82 Å². The molecule has 0 rings (SSSR count). The molecule has 2 N–H and O–H groups in total. The molecule has 0 aliphatic rings. The fraction of sp³-hybridized carbons (Fsp3) is 0.787. The molecule has 3 unspecified atom stereocenters. The van der Waals surface area contributed by atoms with Crippen molar-refractivity contribution in [3.05, 3.63) is 72.9 Å². The van der Waals surface area contributed by atoms with Crippen molar-refractivity contribution in [2.75, 3.05) is 40.9 Å². The van der Waals surface area contributed by atoms with Crippen LogP contribution in [0.3, 0.4) is 0 Å². The van der Waals surface area contributed by atoms with Gasteiger partial charge in [0.1, 0.15) is 13.2 Å². The van der Waals surface area contributed by atoms with Crippen LogP contribution < -0.4 is 10.2 Å². The molecule has 9 heteroatoms. The first-order valence-electron chi connectivity index (χ1n) is 29.3. The number of unbranched alkanes of at least 4 members (excludes halogenated alkanes) is 31. The van der Waals surface area contributed by atoms with E-state index in [0.29, 0.717) is 17.4 Å². The van der Waals surface area contributed by atoms with Crippen LogP contribution in [-0.4, -0.2) is 68.5 Å². The van der Waals surface area contributed by atoms with Crippen molar-refractivity contribution >= 4 is 13.7 Å². The Balaban J connectivity index is 3.82. The maximum Gasteiger partial charge on any atom is 0.268 e. The van der Waals surface area contributed by atoms with Crippen LogP contribution in [0.1, 0.15) is 258 Å². The molecule has 0 radical (unpaired) electrons. The lowest BCUT2D eigenvalue weighted by Crippen LogP contribution is -2.45. The molecule has 0 aromatic heterocycles. The normalized spacial score (nSPS) is 14.4. The minimum atomic E-state index is -4.60. The number of allylic oxidation sites excluding steroid dienone is 11. The SMILES string of the molecule is C/C=C/CC/C=C/CC/C=C/C(O)C(COP(=O)([O-])OCC[N+](C)(C)C)NC(=O)CCCCCCCCCCCCCCCCCCCCCCCCCC/C=C\C/C=C\C/C=C\CCCCCCC. The van der Waals surface area contributed by atoms with Gasteiger partial charge >= 0.3 is 0 Å². The number of carbonyl (C=O) groups is 1. The average molecular weight is 1000 g/mol. The zero-order chi connectivity index (χ0) is 51.3. The fourth-order valence-corrected chi connectivity index (χ4v) is 9.10. The average Bonchev–Trinajstić information content (AvgIpc) is 3.32. The second-order valence-corrected chi connectivity index (χ2v) is 22.4. The van der Waals surface area contributed by atoms with Gasteiger partial charge in [0.2, 0.25) is 5.91 Å². The lowest BCUT2D eigenvalue weighted by atomic mass is 10.0. The van der Waals surface area contributed by atoms with E-state index in [1.807, 2.05) is 40.2 Å². The molecule has 0 bridgehead atoms. The number of phosphoric ester groups is 1. The van der Waals surface area contributed by atoms with E-state index in [1.54, 1.807) is 6.08 Å². The highest BCUT2D eigenvalue weighted by Crippen LogP contribution is 2.38. The second-order valence-electron chi connectivity index (χ2n) is 21.0. The Morgan fingerprint density at radius 3 is 1.33 bits per heavy atom. The van der Waals surface area contributed by atoms with Crippen molar-refractivity contribution < 1.29 is 32.9 Å². The lowest BCUT2D eigenvalue weighted by molar-refractivity contribution is -0.870. The smallest absolute Gasteiger partial charge is 0.268 e. The second kappa shape index (κ2) is 51.8. The quantitative estimate of drug-likeness (QED) is 0.0272. The van der Waals surface area contributed by atoms with Crippen molar-refractivity contribution in [2.24, 2.45) is 0 Å². The van der Waals surface area contributed by atoms with Gasteiger partial charge in [-0.15, -0.1) is 0 Å². The summed E-state index contributed by atoms with van der Waals surface area (Å²) in [6.45, 7) is 4.37. The molecular formula is C61H113N2O6P. The zero-order valence-electron chi connectivity index (χ0n) is 46.5. The van der Waals surface area contributed by atoms with E-state index in [0.717, 1.165) is 57.8 Å². The molecule has 0 aliphatic carbocycles. The maximum atomic E-state index is 12.9. The molecule has 70 heavy (non-hydrogen) atoms. The first kappa shape index (κ1) is 67.9. The summed E-state index contributed by atoms with van der Waals surface area (Å²) in [4.78, 5) is 25.3. The summed E-state index contributed by atoms with van der Waals surface area (Å²) >= 11 is 0. The van der Waals surface area contributed by atoms with E-state index in [1.165, 1.54) is 180 Å². The van der Waals surface area contributed by atoms with Crippen LogP contribution in [0.25, 0.3) is 0 Å². The minimum absolute atomic E-state index is 0.0102. The third-order valence-corrected chi connectivity index (χ3v) is 13.9. The number of nitrogens with zero attached hydrogens (tertiary/aromatic N) is 1. The van der Waals surface area contributed by atoms with Crippen LogP contribution in [0, 0.1) is 0 Å². The van der Waals surface area contributed by atoms with Crippen molar-refractivity contribution in [3.63, 3.8) is 0 Å². The summed E-state index contributed by atoms with van der Waals surface area (Å²) in [6, 6.07) is -0.908. The standard InChI is InChI=1S/C61H113N2O6P/c1-6-8-10-12-14-16-17-18-19-20-21-22-23-24-25-26-27-28-29-30-31-32-33-34-35-36-37-38-39-40-41-42-43-44-45-47-49-51-53-55-61(65)62-59(58-69-70(66,67)68-57-56-63(3,4)5)60(64)54-52-50-48-46-15-13-11-9-7-2/h7,9,15,17-18,20-21,23-24,46,52,54,59-60,64H,6,8,10-14,16,19,22,25-45,47-51,53,55-58H2,1-5H3,(H-,62,65,66,67)/b9-7+,18-17-,21-20-,24-23-,46-15+,54-52+. The predicted octanol–water partition coefficient (Wildman–Crippen LogP) is 17.2. The molecule has 0 heterocycles. The largest absolute Gasteiger partial charge is 0.756 e. The van der Waals surface area contributed by atoms with Crippen LogP contribution in [-0.2, 0) is 18.4 Å². The zero-order valence-corrected chi connectivity index (χ0v) is 47.4. The van der Waals surface area contributed by atoms with Crippen molar-refractivity contribution in [2.45, 2.75) is 270 Å². The minimum Gasteiger partial charge on any atom is -0.756 e. The Hall–Kier alpha value is -2.06. The number of carbonyl (C=O) groups excluding carboxylic acids is 1. The Labute approximate surface area is 434 Å². The van der Waals surface area contributed by atoms with Gasteiger partial charge in [0.15, 0.2) is 0 Å². The number of hydrogen-bond donors (Lipinski definition) is 2. The molecule has 0 spiro atoms. The summed E-state index contributed by atoms with van der Waals surface area (Å²) < 4.78 is 23.2. The molecular weight excluding hydrogens is 888 g/mol. The van der Waals surface area contributed by atoms with Gasteiger partial charge in [-0.2, -0.15) is 0 Å². The van der Waals surface area contributed by atoms with E-state index in [-0.39, 0.29) is 12.5 Å². The van der Waals surface area contributed by atoms with Crippen LogP contribution in [0.4, 0.5) is 0 Å². The number of quaternary nitrogens is 1. The molecule has 0 aromatic carbocycles. The number of aliphatic hydroxyl groups excluding tert-OH is 1. The molecule has 8 nitrogen and oxygen atoms in total. The van der Waals surface area contributed by atoms with Gasteiger partial charge < -0.3 is 28.8 Å². The number of amides is 1. The lowest BCUT2D eigenvalue weighted by Gasteiger charge is -2.29. The maximum absolute atomic E-state index is 12.9. The number of hydrogen-bond acceptors (Lipinski definition) is 6. The number of aliphatic hydroxyl groups is 1. The first-order chi connectivity index (χ1) is 34.0. The van der Waals surface area contributed by atoms with E-state index in [2.05, 4.69) is 66.9 Å². The molecule has 3 atom stereocenters. The molecule has 0 saturated heterocycles. The topological polar surface area (TPSA) is 108 Å². The Kier molecular flexibility index (Phi) is 50.3. The van der Waals surface area contributed by atoms with Gasteiger partial charge in [-0.1, -0.05) is 247 Å². The molecule has 408 valence electrons. The predicted molar refractivity (Wildman–Crippen MR) is 302 cm³/mol. The van der Waals surface area contributed by atoms with Crippen LogP contribution in [0.15, 0.2) is 72.9 Å². The first-order valence-corrected chi connectivity index (χ1v) is 30.7. The summed E-state index contributed by atoms with van der Waals surface area (Å²) in [5.41, 5.74) is 0. The van der Waals surface area contributed by atoms with Gasteiger partial charge in [-0.25, -0.2) is 0 Å². The van der Waals surface area contributed by atoms with Crippen molar-refractivity contribution in [1.82, 2.24) is 5.32 Å². The summed E-state index contributed by atoms with van der Waals surface area (Å²) in [5.74, 6) is -0.213. The van der Waals surface area contributed by atoms with Crippen LogP contribution in [0.2, 0.25) is 0 Å². The highest BCUT2D eigenvalue weighted by molar-refractivity contribution is 7.45. The number of rotatable bonds is 53. The van der Waals surface area contributed by atoms with Gasteiger partial charge in [-0.05, 0) is 77.6 Å². The highest BCUT2D eigenvalue weighted by atomic mass is 31.2. The Morgan fingerprint density at radius 1 is 0.529 bits per heavy atom. The van der Waals surface area contributed by atoms with Gasteiger partial charge in [0.05, 0.1) is 39.9 Å². The van der Waals surface area contributed by atoms with Gasteiger partial charge in [0, 0.05) is 6.42 Å².